The molecule has 3 aromatic rings. The monoisotopic (exact) mass is 462 g/mol. The molecule has 2 amide bonds. The van der Waals surface area contributed by atoms with Crippen LogP contribution in [0.1, 0.15) is 22.2 Å². The summed E-state index contributed by atoms with van der Waals surface area (Å²) < 4.78 is 51.6. The maximum absolute atomic E-state index is 13.5. The van der Waals surface area contributed by atoms with Crippen LogP contribution in [0.3, 0.4) is 0 Å². The van der Waals surface area contributed by atoms with E-state index in [0.29, 0.717) is 24.7 Å². The van der Waals surface area contributed by atoms with Crippen LogP contribution in [0.5, 0.6) is 11.5 Å². The molecule has 2 aromatic carbocycles. The number of thiophene rings is 1. The third kappa shape index (κ3) is 4.70. The summed E-state index contributed by atoms with van der Waals surface area (Å²) in [4.78, 5) is 24.8. The van der Waals surface area contributed by atoms with E-state index in [0.717, 1.165) is 33.9 Å². The van der Waals surface area contributed by atoms with E-state index in [4.69, 9.17) is 9.47 Å². The highest BCUT2D eigenvalue weighted by Gasteiger charge is 2.34. The van der Waals surface area contributed by atoms with Gasteiger partial charge in [-0.1, -0.05) is 0 Å². The molecule has 2 N–H and O–H groups in total. The van der Waals surface area contributed by atoms with Crippen LogP contribution in [0.4, 0.5) is 24.5 Å². The summed E-state index contributed by atoms with van der Waals surface area (Å²) in [5.41, 5.74) is -0.666. The Morgan fingerprint density at radius 2 is 1.69 bits per heavy atom. The Hall–Kier alpha value is -3.53. The second kappa shape index (κ2) is 8.54. The Morgan fingerprint density at radius 1 is 0.938 bits per heavy atom. The van der Waals surface area contributed by atoms with Crippen molar-refractivity contribution in [2.75, 3.05) is 23.8 Å². The van der Waals surface area contributed by atoms with E-state index in [1.54, 1.807) is 24.3 Å². The van der Waals surface area contributed by atoms with Crippen LogP contribution in [0.25, 0.3) is 10.4 Å². The number of benzene rings is 2. The van der Waals surface area contributed by atoms with Gasteiger partial charge in [-0.15, -0.1) is 11.3 Å². The van der Waals surface area contributed by atoms with Crippen LogP contribution in [0, 0.1) is 0 Å². The first-order chi connectivity index (χ1) is 15.2. The van der Waals surface area contributed by atoms with Crippen molar-refractivity contribution in [2.24, 2.45) is 0 Å². The average Bonchev–Trinajstić information content (AvgIpc) is 3.24. The van der Waals surface area contributed by atoms with Gasteiger partial charge in [0.05, 0.1) is 16.1 Å². The third-order valence-corrected chi connectivity index (χ3v) is 5.68. The predicted octanol–water partition coefficient (Wildman–Crippen LogP) is 5.42. The number of anilines is 2. The molecule has 0 spiro atoms. The number of alkyl halides is 3. The van der Waals surface area contributed by atoms with E-state index >= 15 is 0 Å². The molecule has 0 saturated heterocycles. The normalized spacial score (nSPS) is 12.9. The van der Waals surface area contributed by atoms with Gasteiger partial charge in [0.15, 0.2) is 11.5 Å². The van der Waals surface area contributed by atoms with Crippen molar-refractivity contribution in [2.45, 2.75) is 13.1 Å². The second-order valence-electron chi connectivity index (χ2n) is 6.92. The lowest BCUT2D eigenvalue weighted by Gasteiger charge is -2.18. The SMILES string of the molecule is CC(=O)Nc1ccc(NC(=O)c2ccc(-c3ccc4c(c3)OCCO4)s2)c(C(F)(F)F)c1. The molecule has 2 heterocycles. The molecule has 4 rings (SSSR count). The Labute approximate surface area is 185 Å². The lowest BCUT2D eigenvalue weighted by atomic mass is 10.1. The van der Waals surface area contributed by atoms with Crippen molar-refractivity contribution < 1.29 is 32.2 Å². The van der Waals surface area contributed by atoms with Gasteiger partial charge in [0.2, 0.25) is 5.91 Å². The van der Waals surface area contributed by atoms with E-state index in [1.165, 1.54) is 13.0 Å². The zero-order valence-corrected chi connectivity index (χ0v) is 17.5. The number of nitrogens with one attached hydrogen (secondary N) is 2. The zero-order chi connectivity index (χ0) is 22.9. The molecule has 0 bridgehead atoms. The minimum atomic E-state index is -4.72. The van der Waals surface area contributed by atoms with Gasteiger partial charge >= 0.3 is 6.18 Å². The first kappa shape index (κ1) is 21.7. The van der Waals surface area contributed by atoms with E-state index in [2.05, 4.69) is 10.6 Å². The molecule has 1 aliphatic rings. The molecule has 0 unspecified atom stereocenters. The first-order valence-corrected chi connectivity index (χ1v) is 10.3. The van der Waals surface area contributed by atoms with Crippen LogP contribution < -0.4 is 20.1 Å². The lowest BCUT2D eigenvalue weighted by Crippen LogP contribution is -2.16. The van der Waals surface area contributed by atoms with E-state index in [9.17, 15) is 22.8 Å². The van der Waals surface area contributed by atoms with Gasteiger partial charge in [0.1, 0.15) is 13.2 Å². The highest BCUT2D eigenvalue weighted by atomic mass is 32.1. The fourth-order valence-corrected chi connectivity index (χ4v) is 4.06. The molecule has 32 heavy (non-hydrogen) atoms. The van der Waals surface area contributed by atoms with Crippen LogP contribution in [-0.2, 0) is 11.0 Å². The topological polar surface area (TPSA) is 76.7 Å². The fraction of sp³-hybridized carbons (Fsp3) is 0.182. The Kier molecular flexibility index (Phi) is 5.79. The summed E-state index contributed by atoms with van der Waals surface area (Å²) in [5, 5.41) is 4.63. The van der Waals surface area contributed by atoms with Gasteiger partial charge < -0.3 is 20.1 Å². The molecule has 0 aliphatic carbocycles. The number of amides is 2. The molecule has 0 fully saturated rings. The van der Waals surface area contributed by atoms with Crippen molar-refractivity contribution in [1.82, 2.24) is 0 Å². The molecule has 0 saturated carbocycles. The first-order valence-electron chi connectivity index (χ1n) is 9.51. The van der Waals surface area contributed by atoms with E-state index in [1.807, 2.05) is 6.07 Å². The fourth-order valence-electron chi connectivity index (χ4n) is 3.16. The van der Waals surface area contributed by atoms with Crippen LogP contribution in [-0.4, -0.2) is 25.0 Å². The van der Waals surface area contributed by atoms with Crippen LogP contribution in [0.2, 0.25) is 0 Å². The minimum Gasteiger partial charge on any atom is -0.486 e. The molecular weight excluding hydrogens is 445 g/mol. The predicted molar refractivity (Wildman–Crippen MR) is 114 cm³/mol. The highest BCUT2D eigenvalue weighted by molar-refractivity contribution is 7.17. The molecule has 6 nitrogen and oxygen atoms in total. The van der Waals surface area contributed by atoms with E-state index < -0.39 is 29.2 Å². The van der Waals surface area contributed by atoms with Gasteiger partial charge in [0.25, 0.3) is 5.91 Å². The van der Waals surface area contributed by atoms with Crippen molar-refractivity contribution in [3.63, 3.8) is 0 Å². The second-order valence-corrected chi connectivity index (χ2v) is 8.00. The maximum Gasteiger partial charge on any atom is 0.418 e. The molecular formula is C22H17F3N2O4S. The van der Waals surface area contributed by atoms with Gasteiger partial charge in [-0.2, -0.15) is 13.2 Å². The van der Waals surface area contributed by atoms with Gasteiger partial charge in [-0.05, 0) is 54.1 Å². The summed E-state index contributed by atoms with van der Waals surface area (Å²) in [5.74, 6) is 0.0656. The largest absolute Gasteiger partial charge is 0.486 e. The van der Waals surface area contributed by atoms with Crippen LogP contribution >= 0.6 is 11.3 Å². The Morgan fingerprint density at radius 3 is 2.41 bits per heavy atom. The standard InChI is InChI=1S/C22H17F3N2O4S/c1-12(28)26-14-3-4-16(15(11-14)22(23,24)25)27-21(29)20-7-6-19(32-20)13-2-5-17-18(10-13)31-9-8-30-17/h2-7,10-11H,8-9H2,1H3,(H,26,28)(H,27,29). The number of rotatable bonds is 4. The smallest absolute Gasteiger partial charge is 0.418 e. The van der Waals surface area contributed by atoms with Gasteiger partial charge in [-0.25, -0.2) is 0 Å². The number of carbonyl (C=O) groups excluding carboxylic acids is 2. The molecule has 10 heteroatoms. The minimum absolute atomic E-state index is 0.0140. The average molecular weight is 462 g/mol. The number of hydrogen-bond acceptors (Lipinski definition) is 5. The summed E-state index contributed by atoms with van der Waals surface area (Å²) in [7, 11) is 0. The molecule has 1 aromatic heterocycles. The van der Waals surface area contributed by atoms with E-state index in [-0.39, 0.29) is 10.6 Å². The lowest BCUT2D eigenvalue weighted by molar-refractivity contribution is -0.137. The quantitative estimate of drug-likeness (QED) is 0.543. The molecule has 0 radical (unpaired) electrons. The number of carbonyl (C=O) groups is 2. The summed E-state index contributed by atoms with van der Waals surface area (Å²) in [6, 6.07) is 11.8. The third-order valence-electron chi connectivity index (χ3n) is 4.55. The van der Waals surface area contributed by atoms with Gasteiger partial charge in [0, 0.05) is 17.5 Å². The highest BCUT2D eigenvalue weighted by Crippen LogP contribution is 2.39. The van der Waals surface area contributed by atoms with Gasteiger partial charge in [-0.3, -0.25) is 9.59 Å². The maximum atomic E-state index is 13.5. The number of hydrogen-bond donors (Lipinski definition) is 2. The van der Waals surface area contributed by atoms with Crippen molar-refractivity contribution in [3.05, 3.63) is 59.0 Å². The number of fused-ring (bicyclic) bond motifs is 1. The van der Waals surface area contributed by atoms with Crippen LogP contribution in [0.15, 0.2) is 48.5 Å². The Balaban J connectivity index is 1.56. The summed E-state index contributed by atoms with van der Waals surface area (Å²) in [6.45, 7) is 2.11. The summed E-state index contributed by atoms with van der Waals surface area (Å²) in [6.07, 6.45) is -4.72. The number of ether oxygens (including phenoxy) is 2. The van der Waals surface area contributed by atoms with Crippen molar-refractivity contribution in [1.29, 1.82) is 0 Å². The number of halogens is 3. The van der Waals surface area contributed by atoms with Crippen molar-refractivity contribution in [3.8, 4) is 21.9 Å². The zero-order valence-electron chi connectivity index (χ0n) is 16.7. The summed E-state index contributed by atoms with van der Waals surface area (Å²) >= 11 is 1.14. The van der Waals surface area contributed by atoms with Crippen molar-refractivity contribution >= 4 is 34.5 Å². The molecule has 166 valence electrons. The molecule has 1 aliphatic heterocycles. The molecule has 0 atom stereocenters. The Bertz CT molecular complexity index is 1190.